The van der Waals surface area contributed by atoms with E-state index in [9.17, 15) is 9.59 Å². The van der Waals surface area contributed by atoms with Gasteiger partial charge in [-0.2, -0.15) is 0 Å². The Hall–Kier alpha value is -2.92. The summed E-state index contributed by atoms with van der Waals surface area (Å²) in [6.45, 7) is -0.298. The second kappa shape index (κ2) is 9.26. The first kappa shape index (κ1) is 20.4. The number of esters is 1. The summed E-state index contributed by atoms with van der Waals surface area (Å²) in [7, 11) is 0. The molecule has 0 aliphatic heterocycles. The fourth-order valence-electron chi connectivity index (χ4n) is 3.88. The fourth-order valence-corrected chi connectivity index (χ4v) is 4.11. The van der Waals surface area contributed by atoms with Crippen molar-refractivity contribution in [1.82, 2.24) is 10.3 Å². The molecule has 1 saturated carbocycles. The molecule has 1 heterocycles. The highest BCUT2D eigenvalue weighted by molar-refractivity contribution is 6.33. The molecule has 6 heteroatoms. The van der Waals surface area contributed by atoms with Crippen LogP contribution >= 0.6 is 11.6 Å². The van der Waals surface area contributed by atoms with Crippen molar-refractivity contribution >= 4 is 34.4 Å². The summed E-state index contributed by atoms with van der Waals surface area (Å²) in [5.41, 5.74) is 2.33. The maximum absolute atomic E-state index is 12.9. The SMILES string of the molecule is O=C(COC(=O)c1cc(-c2ccccc2Cl)nc2ccccc12)NC1CCCCC1. The molecular formula is C24H23ClN2O3. The first-order valence-corrected chi connectivity index (χ1v) is 10.6. The Balaban J connectivity index is 1.55. The van der Waals surface area contributed by atoms with Crippen molar-refractivity contribution < 1.29 is 14.3 Å². The molecule has 1 amide bonds. The molecular weight excluding hydrogens is 400 g/mol. The number of nitrogens with one attached hydrogen (secondary N) is 1. The van der Waals surface area contributed by atoms with Crippen LogP contribution in [0.4, 0.5) is 0 Å². The summed E-state index contributed by atoms with van der Waals surface area (Å²) >= 11 is 6.33. The van der Waals surface area contributed by atoms with Crippen LogP contribution in [0.25, 0.3) is 22.2 Å². The van der Waals surface area contributed by atoms with E-state index >= 15 is 0 Å². The number of aromatic nitrogens is 1. The molecule has 154 valence electrons. The lowest BCUT2D eigenvalue weighted by Gasteiger charge is -2.22. The van der Waals surface area contributed by atoms with Gasteiger partial charge in [0.25, 0.3) is 5.91 Å². The van der Waals surface area contributed by atoms with E-state index in [1.165, 1.54) is 6.42 Å². The number of pyridine rings is 1. The quantitative estimate of drug-likeness (QED) is 0.576. The number of para-hydroxylation sites is 1. The minimum Gasteiger partial charge on any atom is -0.452 e. The average molecular weight is 423 g/mol. The molecule has 3 aromatic rings. The van der Waals surface area contributed by atoms with Gasteiger partial charge >= 0.3 is 5.97 Å². The number of nitrogens with zero attached hydrogens (tertiary/aromatic N) is 1. The lowest BCUT2D eigenvalue weighted by Crippen LogP contribution is -2.38. The molecule has 0 bridgehead atoms. The Bertz CT molecular complexity index is 1080. The van der Waals surface area contributed by atoms with Gasteiger partial charge in [-0.15, -0.1) is 0 Å². The molecule has 1 N–H and O–H groups in total. The Kier molecular flexibility index (Phi) is 6.29. The molecule has 0 saturated heterocycles. The number of hydrogen-bond acceptors (Lipinski definition) is 4. The number of fused-ring (bicyclic) bond motifs is 1. The predicted octanol–water partition coefficient (Wildman–Crippen LogP) is 5.16. The van der Waals surface area contributed by atoms with Crippen molar-refractivity contribution in [2.75, 3.05) is 6.61 Å². The number of ether oxygens (including phenoxy) is 1. The largest absolute Gasteiger partial charge is 0.452 e. The summed E-state index contributed by atoms with van der Waals surface area (Å²) in [4.78, 5) is 29.7. The third kappa shape index (κ3) is 4.62. The molecule has 0 spiro atoms. The van der Waals surface area contributed by atoms with Crippen LogP contribution in [-0.2, 0) is 9.53 Å². The van der Waals surface area contributed by atoms with Crippen LogP contribution in [0.3, 0.4) is 0 Å². The highest BCUT2D eigenvalue weighted by atomic mass is 35.5. The number of carbonyl (C=O) groups is 2. The van der Waals surface area contributed by atoms with Gasteiger partial charge in [-0.05, 0) is 31.0 Å². The first-order valence-electron chi connectivity index (χ1n) is 10.2. The summed E-state index contributed by atoms with van der Waals surface area (Å²) in [5.74, 6) is -0.819. The van der Waals surface area contributed by atoms with Crippen LogP contribution in [0, 0.1) is 0 Å². The Morgan fingerprint density at radius 3 is 2.57 bits per heavy atom. The minimum absolute atomic E-state index is 0.179. The molecule has 1 aromatic heterocycles. The van der Waals surface area contributed by atoms with Crippen LogP contribution < -0.4 is 5.32 Å². The lowest BCUT2D eigenvalue weighted by atomic mass is 9.95. The van der Waals surface area contributed by atoms with E-state index in [1.54, 1.807) is 12.1 Å². The minimum atomic E-state index is -0.555. The van der Waals surface area contributed by atoms with Crippen LogP contribution in [0.1, 0.15) is 42.5 Å². The topological polar surface area (TPSA) is 68.3 Å². The second-order valence-corrected chi connectivity index (χ2v) is 7.94. The van der Waals surface area contributed by atoms with E-state index in [2.05, 4.69) is 10.3 Å². The van der Waals surface area contributed by atoms with E-state index < -0.39 is 5.97 Å². The molecule has 0 atom stereocenters. The van der Waals surface area contributed by atoms with Gasteiger partial charge in [0.1, 0.15) is 0 Å². The Morgan fingerprint density at radius 1 is 1.03 bits per heavy atom. The van der Waals surface area contributed by atoms with Crippen molar-refractivity contribution in [3.63, 3.8) is 0 Å². The summed E-state index contributed by atoms with van der Waals surface area (Å²) < 4.78 is 5.35. The van der Waals surface area contributed by atoms with Gasteiger partial charge in [0.05, 0.1) is 16.8 Å². The number of hydrogen-bond donors (Lipinski definition) is 1. The molecule has 1 fully saturated rings. The highest BCUT2D eigenvalue weighted by Crippen LogP contribution is 2.30. The normalized spacial score (nSPS) is 14.4. The van der Waals surface area contributed by atoms with E-state index in [0.29, 0.717) is 27.2 Å². The summed E-state index contributed by atoms with van der Waals surface area (Å²) in [6.07, 6.45) is 5.42. The molecule has 1 aliphatic rings. The molecule has 30 heavy (non-hydrogen) atoms. The zero-order valence-electron chi connectivity index (χ0n) is 16.6. The average Bonchev–Trinajstić information content (AvgIpc) is 2.78. The van der Waals surface area contributed by atoms with Gasteiger partial charge in [-0.25, -0.2) is 9.78 Å². The van der Waals surface area contributed by atoms with E-state index in [-0.39, 0.29) is 18.6 Å². The smallest absolute Gasteiger partial charge is 0.339 e. The number of amides is 1. The highest BCUT2D eigenvalue weighted by Gasteiger charge is 2.19. The van der Waals surface area contributed by atoms with E-state index in [0.717, 1.165) is 31.2 Å². The summed E-state index contributed by atoms with van der Waals surface area (Å²) in [5, 5.41) is 4.18. The Morgan fingerprint density at radius 2 is 1.77 bits per heavy atom. The van der Waals surface area contributed by atoms with Crippen LogP contribution in [0.2, 0.25) is 5.02 Å². The number of benzene rings is 2. The van der Waals surface area contributed by atoms with Crippen LogP contribution in [-0.4, -0.2) is 29.5 Å². The maximum Gasteiger partial charge on any atom is 0.339 e. The zero-order valence-corrected chi connectivity index (χ0v) is 17.3. The Labute approximate surface area is 180 Å². The zero-order chi connectivity index (χ0) is 20.9. The van der Waals surface area contributed by atoms with Gasteiger partial charge in [0.2, 0.25) is 0 Å². The van der Waals surface area contributed by atoms with Crippen LogP contribution in [0.15, 0.2) is 54.6 Å². The van der Waals surface area contributed by atoms with Crippen molar-refractivity contribution in [2.45, 2.75) is 38.1 Å². The van der Waals surface area contributed by atoms with Gasteiger partial charge in [0.15, 0.2) is 6.61 Å². The first-order chi connectivity index (χ1) is 14.6. The molecule has 2 aromatic carbocycles. The number of rotatable bonds is 5. The van der Waals surface area contributed by atoms with Gasteiger partial charge in [-0.1, -0.05) is 67.3 Å². The lowest BCUT2D eigenvalue weighted by molar-refractivity contribution is -0.125. The molecule has 4 rings (SSSR count). The summed E-state index contributed by atoms with van der Waals surface area (Å²) in [6, 6.07) is 16.5. The number of carbonyl (C=O) groups excluding carboxylic acids is 2. The van der Waals surface area contributed by atoms with E-state index in [1.807, 2.05) is 42.5 Å². The van der Waals surface area contributed by atoms with E-state index in [4.69, 9.17) is 16.3 Å². The second-order valence-electron chi connectivity index (χ2n) is 7.53. The van der Waals surface area contributed by atoms with Crippen molar-refractivity contribution in [2.24, 2.45) is 0 Å². The predicted molar refractivity (Wildman–Crippen MR) is 117 cm³/mol. The van der Waals surface area contributed by atoms with Crippen molar-refractivity contribution in [1.29, 1.82) is 0 Å². The van der Waals surface area contributed by atoms with Gasteiger partial charge in [-0.3, -0.25) is 4.79 Å². The molecule has 5 nitrogen and oxygen atoms in total. The van der Waals surface area contributed by atoms with Gasteiger partial charge in [0, 0.05) is 22.0 Å². The number of halogens is 1. The maximum atomic E-state index is 12.9. The molecule has 0 radical (unpaired) electrons. The fraction of sp³-hybridized carbons (Fsp3) is 0.292. The third-order valence-corrected chi connectivity index (χ3v) is 5.72. The van der Waals surface area contributed by atoms with Crippen molar-refractivity contribution in [3.8, 4) is 11.3 Å². The van der Waals surface area contributed by atoms with Gasteiger partial charge < -0.3 is 10.1 Å². The van der Waals surface area contributed by atoms with Crippen molar-refractivity contribution in [3.05, 3.63) is 65.2 Å². The standard InChI is InChI=1S/C24H23ClN2O3/c25-20-12-6-4-11-18(20)22-14-19(17-10-5-7-13-21(17)27-22)24(29)30-15-23(28)26-16-8-2-1-3-9-16/h4-7,10-14,16H,1-3,8-9,15H2,(H,26,28). The van der Waals surface area contributed by atoms with Crippen LogP contribution in [0.5, 0.6) is 0 Å². The molecule has 1 aliphatic carbocycles. The third-order valence-electron chi connectivity index (χ3n) is 5.39. The monoisotopic (exact) mass is 422 g/mol. The molecule has 0 unspecified atom stereocenters.